The van der Waals surface area contributed by atoms with Gasteiger partial charge in [-0.15, -0.1) is 34.9 Å². The molecule has 1 fully saturated rings. The maximum absolute atomic E-state index is 13.1. The molecule has 0 radical (unpaired) electrons. The number of carboxylic acids is 2. The van der Waals surface area contributed by atoms with E-state index in [2.05, 4.69) is 15.5 Å². The van der Waals surface area contributed by atoms with Gasteiger partial charge in [-0.2, -0.15) is 0 Å². The van der Waals surface area contributed by atoms with Crippen molar-refractivity contribution in [1.82, 2.24) is 15.2 Å². The van der Waals surface area contributed by atoms with Crippen molar-refractivity contribution >= 4 is 69.5 Å². The van der Waals surface area contributed by atoms with Crippen LogP contribution in [-0.2, 0) is 30.6 Å². The highest BCUT2D eigenvalue weighted by atomic mass is 32.2. The van der Waals surface area contributed by atoms with Gasteiger partial charge < -0.3 is 26.1 Å². The summed E-state index contributed by atoms with van der Waals surface area (Å²) < 4.78 is 2.01. The molecule has 0 bridgehead atoms. The van der Waals surface area contributed by atoms with Crippen LogP contribution >= 0.6 is 34.9 Å². The number of aliphatic carboxylic acids is 2. The first-order valence-corrected chi connectivity index (χ1v) is 14.5. The second kappa shape index (κ2) is 12.0. The van der Waals surface area contributed by atoms with Crippen molar-refractivity contribution in [2.45, 2.75) is 42.8 Å². The summed E-state index contributed by atoms with van der Waals surface area (Å²) in [7, 11) is 0. The molecule has 39 heavy (non-hydrogen) atoms. The van der Waals surface area contributed by atoms with Crippen molar-refractivity contribution < 1.29 is 38.8 Å². The summed E-state index contributed by atoms with van der Waals surface area (Å²) in [4.78, 5) is 60.5. The van der Waals surface area contributed by atoms with E-state index in [0.29, 0.717) is 17.1 Å². The van der Waals surface area contributed by atoms with Gasteiger partial charge in [0.1, 0.15) is 29.4 Å². The number of anilines is 1. The number of carboxylic acid groups (broad SMARTS) is 2. The van der Waals surface area contributed by atoms with Gasteiger partial charge in [-0.3, -0.25) is 14.5 Å². The lowest BCUT2D eigenvalue weighted by atomic mass is 10.0. The third kappa shape index (κ3) is 6.17. The van der Waals surface area contributed by atoms with E-state index in [1.165, 1.54) is 40.7 Å². The van der Waals surface area contributed by atoms with Gasteiger partial charge in [0.15, 0.2) is 23.2 Å². The number of fused-ring (bicyclic) bond motifs is 1. The van der Waals surface area contributed by atoms with Gasteiger partial charge in [0, 0.05) is 33.9 Å². The van der Waals surface area contributed by atoms with Crippen LogP contribution in [0.15, 0.2) is 51.2 Å². The number of nitrogens with one attached hydrogen (secondary N) is 1. The quantitative estimate of drug-likeness (QED) is 0.0946. The fraction of sp³-hybridized carbons (Fsp3) is 0.348. The molecule has 2 amide bonds. The highest BCUT2D eigenvalue weighted by molar-refractivity contribution is 8.01. The zero-order valence-corrected chi connectivity index (χ0v) is 23.2. The highest BCUT2D eigenvalue weighted by Gasteiger charge is 2.54. The third-order valence-electron chi connectivity index (χ3n) is 5.80. The summed E-state index contributed by atoms with van der Waals surface area (Å²) >= 11 is 3.85. The second-order valence-corrected chi connectivity index (χ2v) is 11.4. The van der Waals surface area contributed by atoms with E-state index >= 15 is 0 Å². The monoisotopic (exact) mass is 593 g/mol. The number of carbonyl (C=O) groups excluding carboxylic acids is 2. The van der Waals surface area contributed by atoms with Crippen LogP contribution in [0, 0.1) is 0 Å². The molecule has 3 atom stereocenters. The Kier molecular flexibility index (Phi) is 8.76. The Balaban J connectivity index is 1.49. The fourth-order valence-corrected chi connectivity index (χ4v) is 6.62. The number of nitrogens with two attached hydrogens (primary N) is 1. The zero-order chi connectivity index (χ0) is 28.3. The average Bonchev–Trinajstić information content (AvgIpc) is 3.35. The lowest BCUT2D eigenvalue weighted by Crippen LogP contribution is -2.71. The van der Waals surface area contributed by atoms with Crippen LogP contribution < -0.4 is 15.6 Å². The Morgan fingerprint density at radius 3 is 2.67 bits per heavy atom. The number of amides is 2. The standard InChI is InChI=1S/C23H24N6O7S3/c1-3-28-6-4-13(5-7-28)37-8-12-9-38-20-16(19(31)29(20)17(12)22(34)35)26-18(30)15(14-10-39-23(24)25-14)27-36-11(2)21(32)33/h4-7,10-11,16,20H,3,8-9H2,1-2H3,(H4-,24,25,26,30,32,33,34,35)/p+1/b27-15-/t11-,16-,20-/m1/s1. The molecule has 2 aliphatic rings. The van der Waals surface area contributed by atoms with Crippen molar-refractivity contribution in [3.05, 3.63) is 46.9 Å². The van der Waals surface area contributed by atoms with E-state index in [4.69, 9.17) is 15.7 Å². The number of aryl methyl sites for hydroxylation is 1. The normalized spacial score (nSPS) is 19.7. The van der Waals surface area contributed by atoms with Gasteiger partial charge in [-0.1, -0.05) is 5.16 Å². The summed E-state index contributed by atoms with van der Waals surface area (Å²) in [6, 6.07) is 2.87. The molecule has 2 aromatic heterocycles. The van der Waals surface area contributed by atoms with Crippen LogP contribution in [0.25, 0.3) is 0 Å². The van der Waals surface area contributed by atoms with Crippen LogP contribution in [0.4, 0.5) is 5.13 Å². The molecule has 2 aliphatic heterocycles. The van der Waals surface area contributed by atoms with Gasteiger partial charge in [0.25, 0.3) is 11.8 Å². The summed E-state index contributed by atoms with van der Waals surface area (Å²) in [6.07, 6.45) is 2.54. The minimum Gasteiger partial charge on any atom is -0.478 e. The molecule has 4 heterocycles. The SMILES string of the molecule is CC[n+]1ccc(SCC2=C(C(=O)O)N3C(=O)[C@@H](NC(=O)/C(=N\O[C@H](C)C(=O)O)c4csc(N)n4)[C@H]3SC2)cc1. The summed E-state index contributed by atoms with van der Waals surface area (Å²) in [6.45, 7) is 4.10. The van der Waals surface area contributed by atoms with Crippen molar-refractivity contribution in [3.63, 3.8) is 0 Å². The number of nitrogens with zero attached hydrogens (tertiary/aromatic N) is 4. The first-order chi connectivity index (χ1) is 18.6. The molecule has 0 aliphatic carbocycles. The molecule has 0 spiro atoms. The van der Waals surface area contributed by atoms with Gasteiger partial charge in [0.2, 0.25) is 6.10 Å². The van der Waals surface area contributed by atoms with Crippen molar-refractivity contribution in [3.8, 4) is 0 Å². The minimum absolute atomic E-state index is 0.0447. The van der Waals surface area contributed by atoms with E-state index in [1.807, 2.05) is 36.0 Å². The average molecular weight is 594 g/mol. The largest absolute Gasteiger partial charge is 0.478 e. The van der Waals surface area contributed by atoms with E-state index in [0.717, 1.165) is 22.8 Å². The highest BCUT2D eigenvalue weighted by Crippen LogP contribution is 2.41. The number of rotatable bonds is 11. The van der Waals surface area contributed by atoms with E-state index in [9.17, 15) is 24.3 Å². The Hall–Kier alpha value is -3.63. The molecule has 5 N–H and O–H groups in total. The van der Waals surface area contributed by atoms with Crippen molar-refractivity contribution in [2.75, 3.05) is 17.2 Å². The Morgan fingerprint density at radius 2 is 2.08 bits per heavy atom. The molecule has 1 saturated heterocycles. The smallest absolute Gasteiger partial charge is 0.352 e. The predicted molar refractivity (Wildman–Crippen MR) is 144 cm³/mol. The zero-order valence-electron chi connectivity index (χ0n) is 20.8. The lowest BCUT2D eigenvalue weighted by molar-refractivity contribution is -0.693. The van der Waals surface area contributed by atoms with Crippen LogP contribution in [0.2, 0.25) is 0 Å². The van der Waals surface area contributed by atoms with Crippen LogP contribution in [0.1, 0.15) is 19.5 Å². The fourth-order valence-electron chi connectivity index (χ4n) is 3.70. The number of nitrogen functional groups attached to an aromatic ring is 1. The molecule has 16 heteroatoms. The van der Waals surface area contributed by atoms with E-state index in [-0.39, 0.29) is 22.2 Å². The number of hydrogen-bond donors (Lipinski definition) is 4. The maximum atomic E-state index is 13.1. The minimum atomic E-state index is -1.35. The number of carbonyl (C=O) groups is 4. The molecule has 4 rings (SSSR count). The Morgan fingerprint density at radius 1 is 1.36 bits per heavy atom. The van der Waals surface area contributed by atoms with Crippen LogP contribution in [-0.4, -0.2) is 78.6 Å². The van der Waals surface area contributed by atoms with Gasteiger partial charge in [0.05, 0.1) is 0 Å². The van der Waals surface area contributed by atoms with Crippen molar-refractivity contribution in [2.24, 2.45) is 5.16 Å². The second-order valence-electron chi connectivity index (χ2n) is 8.37. The maximum Gasteiger partial charge on any atom is 0.352 e. The molecule has 2 aromatic rings. The molecule has 0 unspecified atom stereocenters. The number of pyridine rings is 1. The number of aromatic nitrogens is 2. The Labute approximate surface area is 235 Å². The number of oxime groups is 1. The van der Waals surface area contributed by atoms with Gasteiger partial charge in [-0.25, -0.2) is 19.1 Å². The van der Waals surface area contributed by atoms with E-state index in [1.54, 1.807) is 0 Å². The van der Waals surface area contributed by atoms with Crippen molar-refractivity contribution in [1.29, 1.82) is 0 Å². The van der Waals surface area contributed by atoms with E-state index < -0.39 is 41.3 Å². The molecule has 0 aromatic carbocycles. The van der Waals surface area contributed by atoms with Gasteiger partial charge >= 0.3 is 11.9 Å². The molecular weight excluding hydrogens is 568 g/mol. The van der Waals surface area contributed by atoms with Crippen LogP contribution in [0.5, 0.6) is 0 Å². The predicted octanol–water partition coefficient (Wildman–Crippen LogP) is 0.757. The first kappa shape index (κ1) is 28.4. The number of β-lactam (4-membered cyclic amide) rings is 1. The third-order valence-corrected chi connectivity index (χ3v) is 8.92. The number of thiazole rings is 1. The Bertz CT molecular complexity index is 1360. The first-order valence-electron chi connectivity index (χ1n) is 11.6. The molecule has 0 saturated carbocycles. The molecule has 206 valence electrons. The molecular formula is C23H25N6O7S3+. The number of thioether (sulfide) groups is 2. The number of hydrogen-bond acceptors (Lipinski definition) is 11. The van der Waals surface area contributed by atoms with Crippen LogP contribution in [0.3, 0.4) is 0 Å². The lowest BCUT2D eigenvalue weighted by Gasteiger charge is -2.49. The molecule has 13 nitrogen and oxygen atoms in total. The summed E-state index contributed by atoms with van der Waals surface area (Å²) in [5, 5.41) is 26.1. The summed E-state index contributed by atoms with van der Waals surface area (Å²) in [5.41, 5.74) is 5.87. The topological polar surface area (TPSA) is 188 Å². The van der Waals surface area contributed by atoms with Gasteiger partial charge in [-0.05, 0) is 19.4 Å². The summed E-state index contributed by atoms with van der Waals surface area (Å²) in [5.74, 6) is -3.19.